The molecule has 3 rings (SSSR count). The molecule has 0 atom stereocenters. The van der Waals surface area contributed by atoms with Crippen LogP contribution in [0, 0.1) is 11.3 Å². The van der Waals surface area contributed by atoms with E-state index >= 15 is 0 Å². The molecule has 0 bridgehead atoms. The van der Waals surface area contributed by atoms with Crippen LogP contribution in [0.4, 0.5) is 4.79 Å². The van der Waals surface area contributed by atoms with Crippen LogP contribution < -0.4 is 10.1 Å². The number of hydrogen-bond donors (Lipinski definition) is 1. The van der Waals surface area contributed by atoms with Gasteiger partial charge < -0.3 is 15.0 Å². The molecule has 1 aliphatic heterocycles. The fourth-order valence-corrected chi connectivity index (χ4v) is 4.47. The molecule has 2 aliphatic rings. The van der Waals surface area contributed by atoms with Crippen LogP contribution in [0.3, 0.4) is 0 Å². The van der Waals surface area contributed by atoms with E-state index in [1.807, 2.05) is 0 Å². The Labute approximate surface area is 189 Å². The number of nitrogens with zero attached hydrogens (tertiary/aromatic N) is 2. The molecule has 1 aromatic carbocycles. The molecule has 0 unspecified atom stereocenters. The van der Waals surface area contributed by atoms with Crippen molar-refractivity contribution >= 4 is 29.4 Å². The maximum absolute atomic E-state index is 13.1. The van der Waals surface area contributed by atoms with Crippen molar-refractivity contribution in [1.29, 1.82) is 0 Å². The van der Waals surface area contributed by atoms with Gasteiger partial charge in [0.25, 0.3) is 5.91 Å². The average Bonchev–Trinajstić information content (AvgIpc) is 2.93. The third-order valence-corrected chi connectivity index (χ3v) is 6.79. The van der Waals surface area contributed by atoms with E-state index in [0.717, 1.165) is 17.7 Å². The maximum Gasteiger partial charge on any atom is 0.325 e. The van der Waals surface area contributed by atoms with Crippen LogP contribution in [0.15, 0.2) is 24.3 Å². The fourth-order valence-electron chi connectivity index (χ4n) is 4.35. The van der Waals surface area contributed by atoms with E-state index in [1.165, 1.54) is 4.90 Å². The van der Waals surface area contributed by atoms with Crippen LogP contribution >= 0.6 is 11.6 Å². The van der Waals surface area contributed by atoms with Crippen molar-refractivity contribution in [3.8, 4) is 5.75 Å². The van der Waals surface area contributed by atoms with Crippen LogP contribution in [0.1, 0.15) is 46.5 Å². The second kappa shape index (κ2) is 9.07. The molecule has 0 aromatic heterocycles. The molecule has 2 fully saturated rings. The molecule has 31 heavy (non-hydrogen) atoms. The van der Waals surface area contributed by atoms with Gasteiger partial charge in [-0.2, -0.15) is 0 Å². The van der Waals surface area contributed by atoms with Crippen molar-refractivity contribution in [2.24, 2.45) is 11.3 Å². The smallest absolute Gasteiger partial charge is 0.325 e. The Bertz CT molecular complexity index is 826. The summed E-state index contributed by atoms with van der Waals surface area (Å²) in [6.07, 6.45) is 3.02. The number of halogens is 1. The zero-order valence-corrected chi connectivity index (χ0v) is 19.5. The number of rotatable bonds is 6. The summed E-state index contributed by atoms with van der Waals surface area (Å²) in [4.78, 5) is 40.7. The summed E-state index contributed by atoms with van der Waals surface area (Å²) >= 11 is 5.85. The predicted molar refractivity (Wildman–Crippen MR) is 119 cm³/mol. The quantitative estimate of drug-likeness (QED) is 0.671. The van der Waals surface area contributed by atoms with Crippen molar-refractivity contribution in [3.05, 3.63) is 29.3 Å². The van der Waals surface area contributed by atoms with Gasteiger partial charge in [0, 0.05) is 12.1 Å². The van der Waals surface area contributed by atoms with Crippen LogP contribution in [-0.2, 0) is 9.59 Å². The van der Waals surface area contributed by atoms with Crippen LogP contribution in [0.5, 0.6) is 5.75 Å². The molecule has 1 saturated carbocycles. The van der Waals surface area contributed by atoms with Crippen LogP contribution in [0.25, 0.3) is 0 Å². The highest BCUT2D eigenvalue weighted by Gasteiger charge is 2.53. The summed E-state index contributed by atoms with van der Waals surface area (Å²) in [5, 5.41) is 3.51. The number of imide groups is 1. The standard InChI is InChI=1S/C23H32ClN3O4/c1-22(2,3)16-9-11-23(12-10-16)20(29)27(21(30)25-23)15-19(28)26(4)13-14-31-18-7-5-17(24)6-8-18/h5-8,16H,9-15H2,1-4H3,(H,25,30). The first-order valence-corrected chi connectivity index (χ1v) is 11.2. The highest BCUT2D eigenvalue weighted by Crippen LogP contribution is 2.43. The summed E-state index contributed by atoms with van der Waals surface area (Å²) in [6.45, 7) is 7.00. The minimum atomic E-state index is -0.852. The Morgan fingerprint density at radius 3 is 2.42 bits per heavy atom. The minimum Gasteiger partial charge on any atom is -0.492 e. The SMILES string of the molecule is CN(CCOc1ccc(Cl)cc1)C(=O)CN1C(=O)NC2(CCC(C(C)(C)C)CC2)C1=O. The monoisotopic (exact) mass is 449 g/mol. The van der Waals surface area contributed by atoms with E-state index < -0.39 is 11.6 Å². The molecule has 7 nitrogen and oxygen atoms in total. The van der Waals surface area contributed by atoms with Crippen molar-refractivity contribution in [2.75, 3.05) is 26.7 Å². The number of urea groups is 1. The van der Waals surface area contributed by atoms with Crippen molar-refractivity contribution in [3.63, 3.8) is 0 Å². The first-order valence-electron chi connectivity index (χ1n) is 10.8. The predicted octanol–water partition coefficient (Wildman–Crippen LogP) is 3.70. The van der Waals surface area contributed by atoms with E-state index in [1.54, 1.807) is 31.3 Å². The van der Waals surface area contributed by atoms with Gasteiger partial charge in [0.1, 0.15) is 24.4 Å². The first-order chi connectivity index (χ1) is 14.5. The number of nitrogens with one attached hydrogen (secondary N) is 1. The molecule has 1 spiro atoms. The Morgan fingerprint density at radius 1 is 1.23 bits per heavy atom. The van der Waals surface area contributed by atoms with Gasteiger partial charge in [0.05, 0.1) is 6.54 Å². The van der Waals surface area contributed by atoms with Crippen molar-refractivity contribution < 1.29 is 19.1 Å². The first kappa shape index (κ1) is 23.4. The molecule has 1 aliphatic carbocycles. The molecule has 4 amide bonds. The number of likely N-dealkylation sites (N-methyl/N-ethyl adjacent to an activating group) is 1. The summed E-state index contributed by atoms with van der Waals surface area (Å²) in [6, 6.07) is 6.50. The van der Waals surface area contributed by atoms with Crippen molar-refractivity contribution in [1.82, 2.24) is 15.1 Å². The average molecular weight is 450 g/mol. The fraction of sp³-hybridized carbons (Fsp3) is 0.609. The van der Waals surface area contributed by atoms with Gasteiger partial charge in [-0.15, -0.1) is 0 Å². The Balaban J connectivity index is 1.51. The largest absolute Gasteiger partial charge is 0.492 e. The summed E-state index contributed by atoms with van der Waals surface area (Å²) in [5.41, 5.74) is -0.672. The van der Waals surface area contributed by atoms with Gasteiger partial charge in [-0.3, -0.25) is 14.5 Å². The minimum absolute atomic E-state index is 0.180. The zero-order valence-electron chi connectivity index (χ0n) is 18.7. The van der Waals surface area contributed by atoms with Crippen molar-refractivity contribution in [2.45, 2.75) is 52.0 Å². The number of benzene rings is 1. The van der Waals surface area contributed by atoms with Crippen LogP contribution in [0.2, 0.25) is 5.02 Å². The third kappa shape index (κ3) is 5.32. The topological polar surface area (TPSA) is 79.0 Å². The highest BCUT2D eigenvalue weighted by molar-refractivity contribution is 6.30. The van der Waals surface area contributed by atoms with Crippen LogP contribution in [-0.4, -0.2) is 59.9 Å². The number of amides is 4. The van der Waals surface area contributed by atoms with Gasteiger partial charge in [-0.25, -0.2) is 4.79 Å². The number of ether oxygens (including phenoxy) is 1. The van der Waals surface area contributed by atoms with E-state index in [9.17, 15) is 14.4 Å². The molecule has 1 saturated heterocycles. The highest BCUT2D eigenvalue weighted by atomic mass is 35.5. The van der Waals surface area contributed by atoms with E-state index in [4.69, 9.17) is 16.3 Å². The lowest BCUT2D eigenvalue weighted by Crippen LogP contribution is -2.51. The van der Waals surface area contributed by atoms with Gasteiger partial charge in [-0.05, 0) is 61.3 Å². The molecule has 8 heteroatoms. The molecule has 170 valence electrons. The maximum atomic E-state index is 13.1. The summed E-state index contributed by atoms with van der Waals surface area (Å²) in [7, 11) is 1.64. The molecular weight excluding hydrogens is 418 g/mol. The summed E-state index contributed by atoms with van der Waals surface area (Å²) < 4.78 is 5.61. The van der Waals surface area contributed by atoms with E-state index in [-0.39, 0.29) is 23.8 Å². The molecular formula is C23H32ClN3O4. The number of carbonyl (C=O) groups is 3. The van der Waals surface area contributed by atoms with Gasteiger partial charge in [0.2, 0.25) is 5.91 Å². The second-order valence-corrected chi connectivity index (χ2v) is 10.1. The Hall–Kier alpha value is -2.28. The van der Waals surface area contributed by atoms with Gasteiger partial charge in [-0.1, -0.05) is 32.4 Å². The van der Waals surface area contributed by atoms with Gasteiger partial charge >= 0.3 is 6.03 Å². The van der Waals surface area contributed by atoms with Gasteiger partial charge in [0.15, 0.2) is 0 Å². The summed E-state index contributed by atoms with van der Waals surface area (Å²) in [5.74, 6) is 0.602. The zero-order chi connectivity index (χ0) is 22.8. The number of hydrogen-bond acceptors (Lipinski definition) is 4. The molecule has 1 aromatic rings. The lowest BCUT2D eigenvalue weighted by Gasteiger charge is -2.40. The van der Waals surface area contributed by atoms with E-state index in [0.29, 0.717) is 42.7 Å². The molecule has 1 heterocycles. The third-order valence-electron chi connectivity index (χ3n) is 6.54. The lowest BCUT2D eigenvalue weighted by atomic mass is 9.67. The molecule has 0 radical (unpaired) electrons. The Morgan fingerprint density at radius 2 is 1.84 bits per heavy atom. The number of carbonyl (C=O) groups excluding carboxylic acids is 3. The van der Waals surface area contributed by atoms with E-state index in [2.05, 4.69) is 26.1 Å². The normalized spacial score (nSPS) is 23.8. The lowest BCUT2D eigenvalue weighted by molar-refractivity contribution is -0.139. The Kier molecular flexibility index (Phi) is 6.84. The molecule has 1 N–H and O–H groups in total. The second-order valence-electron chi connectivity index (χ2n) is 9.66.